The average molecular weight is 499 g/mol. The number of esters is 1. The van der Waals surface area contributed by atoms with E-state index in [4.69, 9.17) is 9.22 Å². The van der Waals surface area contributed by atoms with Crippen LogP contribution in [-0.4, -0.2) is 64.0 Å². The highest BCUT2D eigenvalue weighted by molar-refractivity contribution is 6.85. The van der Waals surface area contributed by atoms with Crippen molar-refractivity contribution in [1.82, 2.24) is 0 Å². The summed E-state index contributed by atoms with van der Waals surface area (Å²) in [5.41, 5.74) is -5.20. The summed E-state index contributed by atoms with van der Waals surface area (Å²) in [6.45, 7) is 7.36. The highest BCUT2D eigenvalue weighted by atomic mass is 28.4. The monoisotopic (exact) mass is 498 g/mol. The number of carboxylic acid groups (broad SMARTS) is 1. The molecule has 0 rings (SSSR count). The van der Waals surface area contributed by atoms with Gasteiger partial charge in [0.25, 0.3) is 8.32 Å². The topological polar surface area (TPSA) is 82.1 Å². The van der Waals surface area contributed by atoms with E-state index >= 15 is 0 Å². The molecule has 1 atom stereocenters. The zero-order valence-electron chi connectivity index (χ0n) is 18.3. The third-order valence-electron chi connectivity index (χ3n) is 3.87. The lowest BCUT2D eigenvalue weighted by Crippen LogP contribution is -2.69. The number of rotatable bonds is 12. The fraction of sp³-hybridized carbons (Fsp3) is 0.765. The molecule has 14 heteroatoms. The van der Waals surface area contributed by atoms with E-state index in [-0.39, 0.29) is 0 Å². The van der Waals surface area contributed by atoms with Crippen molar-refractivity contribution >= 4 is 28.6 Å². The van der Waals surface area contributed by atoms with Gasteiger partial charge in [-0.25, -0.2) is 18.4 Å². The van der Waals surface area contributed by atoms with Crippen LogP contribution in [0.1, 0.15) is 13.8 Å². The van der Waals surface area contributed by atoms with Crippen LogP contribution in [0.25, 0.3) is 0 Å². The molecule has 0 aromatic heterocycles. The number of carboxylic acids is 1. The van der Waals surface area contributed by atoms with Crippen molar-refractivity contribution in [2.75, 3.05) is 6.61 Å². The third kappa shape index (κ3) is 7.91. The van der Waals surface area contributed by atoms with Gasteiger partial charge in [-0.05, 0) is 38.7 Å². The first kappa shape index (κ1) is 29.6. The predicted molar refractivity (Wildman–Crippen MR) is 104 cm³/mol. The maximum absolute atomic E-state index is 14.6. The lowest BCUT2D eigenvalue weighted by Gasteiger charge is -2.43. The molecule has 1 N–H and O–H groups in total. The van der Waals surface area contributed by atoms with Gasteiger partial charge in [0.1, 0.15) is 12.7 Å². The third-order valence-corrected chi connectivity index (χ3v) is 10.2. The molecule has 0 bridgehead atoms. The number of alkyl halides is 6. The maximum Gasteiger partial charge on any atom is 0.425 e. The van der Waals surface area contributed by atoms with Gasteiger partial charge in [-0.1, -0.05) is 13.8 Å². The van der Waals surface area contributed by atoms with Crippen LogP contribution in [0.4, 0.5) is 26.3 Å². The Bertz CT molecular complexity index is 677. The summed E-state index contributed by atoms with van der Waals surface area (Å²) in [4.78, 5) is 21.7. The molecule has 0 aliphatic carbocycles. The van der Waals surface area contributed by atoms with E-state index in [0.29, 0.717) is 12.2 Å². The van der Waals surface area contributed by atoms with E-state index in [1.165, 1.54) is 33.5 Å². The Morgan fingerprint density at radius 3 is 1.84 bits per heavy atom. The molecule has 0 heterocycles. The minimum Gasteiger partial charge on any atom is -0.478 e. The van der Waals surface area contributed by atoms with Crippen LogP contribution in [-0.2, 0) is 23.2 Å². The Kier molecular flexibility index (Phi) is 9.59. The van der Waals surface area contributed by atoms with Crippen LogP contribution in [0.2, 0.25) is 32.7 Å². The zero-order valence-corrected chi connectivity index (χ0v) is 20.3. The second-order valence-corrected chi connectivity index (χ2v) is 17.3. The smallest absolute Gasteiger partial charge is 0.425 e. The van der Waals surface area contributed by atoms with Crippen LogP contribution in [0.3, 0.4) is 0 Å². The van der Waals surface area contributed by atoms with Crippen LogP contribution in [0.15, 0.2) is 12.2 Å². The summed E-state index contributed by atoms with van der Waals surface area (Å²) >= 11 is 0. The Morgan fingerprint density at radius 1 is 0.968 bits per heavy atom. The molecule has 6 nitrogen and oxygen atoms in total. The van der Waals surface area contributed by atoms with Gasteiger partial charge < -0.3 is 18.7 Å². The van der Waals surface area contributed by atoms with E-state index < -0.39 is 64.8 Å². The molecule has 0 fully saturated rings. The molecule has 0 spiro atoms. The van der Waals surface area contributed by atoms with Gasteiger partial charge in [0.2, 0.25) is 0 Å². The van der Waals surface area contributed by atoms with Gasteiger partial charge in [-0.3, -0.25) is 0 Å². The Morgan fingerprint density at radius 2 is 1.45 bits per heavy atom. The maximum atomic E-state index is 14.6. The number of halogens is 6. The highest BCUT2D eigenvalue weighted by Crippen LogP contribution is 2.51. The Balaban J connectivity index is 5.67. The van der Waals surface area contributed by atoms with Gasteiger partial charge in [-0.15, -0.1) is 0 Å². The second-order valence-electron chi connectivity index (χ2n) is 8.59. The largest absolute Gasteiger partial charge is 0.478 e. The molecule has 0 aliphatic rings. The molecule has 0 aliphatic heterocycles. The van der Waals surface area contributed by atoms with E-state index in [9.17, 15) is 35.9 Å². The molecule has 0 aromatic rings. The van der Waals surface area contributed by atoms with Crippen LogP contribution >= 0.6 is 0 Å². The van der Waals surface area contributed by atoms with Crippen molar-refractivity contribution in [1.29, 1.82) is 0 Å². The molecule has 0 amide bonds. The van der Waals surface area contributed by atoms with Gasteiger partial charge >= 0.3 is 29.5 Å². The molecular weight excluding hydrogens is 470 g/mol. The van der Waals surface area contributed by atoms with Crippen LogP contribution in [0.5, 0.6) is 0 Å². The van der Waals surface area contributed by atoms with Gasteiger partial charge in [0, 0.05) is 12.2 Å². The van der Waals surface area contributed by atoms with E-state index in [2.05, 4.69) is 9.47 Å². The van der Waals surface area contributed by atoms with Crippen molar-refractivity contribution in [3.8, 4) is 0 Å². The molecule has 0 saturated carbocycles. The number of hydrogen-bond acceptors (Lipinski definition) is 5. The van der Waals surface area contributed by atoms with E-state index in [1.807, 2.05) is 0 Å². The van der Waals surface area contributed by atoms with Gasteiger partial charge in [0.05, 0.1) is 0 Å². The molecular formula is C17H28F6O6Si2. The minimum absolute atomic E-state index is 0.405. The summed E-state index contributed by atoms with van der Waals surface area (Å²) in [7, 11) is -7.45. The summed E-state index contributed by atoms with van der Waals surface area (Å²) in [5, 5.41) is 8.41. The summed E-state index contributed by atoms with van der Waals surface area (Å²) in [6.07, 6.45) is -6.64. The van der Waals surface area contributed by atoms with E-state index in [1.54, 1.807) is 0 Å². The number of carbonyl (C=O) groups is 2. The molecule has 0 aromatic carbocycles. The minimum atomic E-state index is -5.92. The van der Waals surface area contributed by atoms with Crippen molar-refractivity contribution in [3.05, 3.63) is 12.2 Å². The Hall–Kier alpha value is -1.39. The second kappa shape index (κ2) is 10.0. The first-order valence-electron chi connectivity index (χ1n) is 9.16. The zero-order chi connectivity index (χ0) is 25.1. The highest BCUT2D eigenvalue weighted by Gasteiger charge is 2.79. The van der Waals surface area contributed by atoms with Crippen molar-refractivity contribution in [2.45, 2.75) is 70.3 Å². The fourth-order valence-electron chi connectivity index (χ4n) is 2.37. The quantitative estimate of drug-likeness (QED) is 0.182. The van der Waals surface area contributed by atoms with E-state index in [0.717, 1.165) is 13.1 Å². The van der Waals surface area contributed by atoms with Crippen molar-refractivity contribution in [3.63, 3.8) is 0 Å². The fourth-order valence-corrected chi connectivity index (χ4v) is 9.91. The normalized spacial score (nSPS) is 15.4. The first-order valence-corrected chi connectivity index (χ1v) is 15.5. The molecule has 31 heavy (non-hydrogen) atoms. The SMILES string of the molecule is CC(C)C(COC(=O)/C=C/C(=O)O)OC(F)(F)C(F)(F)C(F)(F)[Si](C)(C)O[Si](C)(C)C. The number of hydrogen-bond donors (Lipinski definition) is 1. The number of aliphatic carboxylic acids is 1. The summed E-state index contributed by atoms with van der Waals surface area (Å²) in [6, 6.07) is 0. The molecule has 0 saturated heterocycles. The lowest BCUT2D eigenvalue weighted by molar-refractivity contribution is -0.400. The van der Waals surface area contributed by atoms with Crippen molar-refractivity contribution in [2.24, 2.45) is 5.92 Å². The number of ether oxygens (including phenoxy) is 2. The molecule has 1 unspecified atom stereocenters. The average Bonchev–Trinajstić information content (AvgIpc) is 2.53. The number of carbonyl (C=O) groups excluding carboxylic acids is 1. The Labute approximate surface area is 178 Å². The standard InChI is InChI=1S/C17H28F6O6Si2/c1-11(2)12(10-27-14(26)9-8-13(24)25)28-16(20,21)15(18,19)17(22,23)31(6,7)29-30(3,4)5/h8-9,11-12H,10H2,1-7H3,(H,24,25)/b9-8+. The molecule has 0 radical (unpaired) electrons. The van der Waals surface area contributed by atoms with Crippen LogP contribution < -0.4 is 0 Å². The first-order chi connectivity index (χ1) is 13.6. The predicted octanol–water partition coefficient (Wildman–Crippen LogP) is 4.67. The van der Waals surface area contributed by atoms with Crippen molar-refractivity contribution < 1.29 is 54.6 Å². The lowest BCUT2D eigenvalue weighted by atomic mass is 10.1. The van der Waals surface area contributed by atoms with Gasteiger partial charge in [0.15, 0.2) is 8.32 Å². The van der Waals surface area contributed by atoms with Gasteiger partial charge in [-0.2, -0.15) is 17.6 Å². The summed E-state index contributed by atoms with van der Waals surface area (Å²) < 4.78 is 101. The van der Waals surface area contributed by atoms with Crippen LogP contribution in [0, 0.1) is 5.92 Å². The summed E-state index contributed by atoms with van der Waals surface area (Å²) in [5.74, 6) is -9.63. The molecule has 182 valence electrons.